The van der Waals surface area contributed by atoms with Crippen molar-refractivity contribution in [3.05, 3.63) is 59.6 Å². The second-order valence-corrected chi connectivity index (χ2v) is 4.65. The van der Waals surface area contributed by atoms with Gasteiger partial charge in [0, 0.05) is 12.4 Å². The fourth-order valence-electron chi connectivity index (χ4n) is 2.29. The minimum Gasteiger partial charge on any atom is -0.488 e. The van der Waals surface area contributed by atoms with Crippen LogP contribution in [0.25, 0.3) is 11.0 Å². The van der Waals surface area contributed by atoms with Gasteiger partial charge in [0.15, 0.2) is 0 Å². The van der Waals surface area contributed by atoms with Gasteiger partial charge in [-0.2, -0.15) is 0 Å². The molecule has 0 aliphatic rings. The molecule has 0 aliphatic heterocycles. The smallest absolute Gasteiger partial charge is 0.140 e. The molecule has 0 aliphatic carbocycles. The fraction of sp³-hybridized carbons (Fsp3) is 0.409. The molecule has 2 aromatic heterocycles. The first kappa shape index (κ1) is 22.7. The lowest BCUT2D eigenvalue weighted by molar-refractivity contribution is 0.307. The highest BCUT2D eigenvalue weighted by atomic mass is 16.5. The molecular formula is C22H33NO2. The van der Waals surface area contributed by atoms with Crippen LogP contribution in [0.2, 0.25) is 0 Å². The number of aromatic nitrogens is 1. The molecule has 0 amide bonds. The van der Waals surface area contributed by atoms with Gasteiger partial charge in [-0.1, -0.05) is 41.5 Å². The summed E-state index contributed by atoms with van der Waals surface area (Å²) in [5.41, 5.74) is 4.26. The van der Waals surface area contributed by atoms with Crippen molar-refractivity contribution in [3.8, 4) is 5.75 Å². The summed E-state index contributed by atoms with van der Waals surface area (Å²) in [5.74, 6) is 0.895. The summed E-state index contributed by atoms with van der Waals surface area (Å²) < 4.78 is 11.5. The lowest BCUT2D eigenvalue weighted by atomic mass is 10.1. The average Bonchev–Trinajstić information content (AvgIpc) is 3.17. The zero-order valence-corrected chi connectivity index (χ0v) is 17.0. The Labute approximate surface area is 153 Å². The van der Waals surface area contributed by atoms with E-state index in [1.54, 1.807) is 18.7 Å². The molecule has 3 aromatic rings. The Morgan fingerprint density at radius 3 is 2.08 bits per heavy atom. The normalized spacial score (nSPS) is 8.96. The first-order chi connectivity index (χ1) is 12.3. The van der Waals surface area contributed by atoms with Gasteiger partial charge >= 0.3 is 0 Å². The summed E-state index contributed by atoms with van der Waals surface area (Å²) in [6.45, 7) is 16.6. The van der Waals surface area contributed by atoms with Crippen molar-refractivity contribution in [1.29, 1.82) is 0 Å². The number of aryl methyl sites for hydroxylation is 2. The lowest BCUT2D eigenvalue weighted by Crippen LogP contribution is -1.98. The number of benzene rings is 1. The largest absolute Gasteiger partial charge is 0.488 e. The molecule has 0 bridgehead atoms. The van der Waals surface area contributed by atoms with Crippen LogP contribution in [0.1, 0.15) is 58.2 Å². The maximum absolute atomic E-state index is 5.96. The maximum Gasteiger partial charge on any atom is 0.140 e. The highest BCUT2D eigenvalue weighted by Gasteiger charge is 2.11. The van der Waals surface area contributed by atoms with Crippen molar-refractivity contribution in [2.24, 2.45) is 0 Å². The first-order valence-corrected chi connectivity index (χ1v) is 9.25. The van der Waals surface area contributed by atoms with E-state index >= 15 is 0 Å². The number of rotatable bonds is 3. The average molecular weight is 344 g/mol. The van der Waals surface area contributed by atoms with Gasteiger partial charge in [0.1, 0.15) is 17.9 Å². The maximum atomic E-state index is 5.96. The molecule has 0 unspecified atom stereocenters. The predicted octanol–water partition coefficient (Wildman–Crippen LogP) is 7.10. The van der Waals surface area contributed by atoms with E-state index in [9.17, 15) is 0 Å². The zero-order chi connectivity index (χ0) is 19.2. The molecule has 0 saturated heterocycles. The predicted molar refractivity (Wildman–Crippen MR) is 108 cm³/mol. The van der Waals surface area contributed by atoms with E-state index in [1.807, 2.05) is 66.7 Å². The third kappa shape index (κ3) is 6.26. The highest BCUT2D eigenvalue weighted by Crippen LogP contribution is 2.33. The van der Waals surface area contributed by atoms with Crippen LogP contribution in [-0.2, 0) is 6.61 Å². The summed E-state index contributed by atoms with van der Waals surface area (Å²) in [5, 5.41) is 1.03. The molecule has 0 spiro atoms. The van der Waals surface area contributed by atoms with Crippen molar-refractivity contribution in [3.63, 3.8) is 0 Å². The van der Waals surface area contributed by atoms with Crippen molar-refractivity contribution >= 4 is 11.0 Å². The first-order valence-electron chi connectivity index (χ1n) is 9.25. The monoisotopic (exact) mass is 343 g/mol. The van der Waals surface area contributed by atoms with Crippen LogP contribution in [0.3, 0.4) is 0 Å². The molecule has 3 nitrogen and oxygen atoms in total. The Balaban J connectivity index is 0.000000871. The molecule has 0 N–H and O–H groups in total. The molecule has 0 saturated carbocycles. The molecule has 3 heteroatoms. The van der Waals surface area contributed by atoms with E-state index in [0.29, 0.717) is 6.61 Å². The van der Waals surface area contributed by atoms with E-state index in [1.165, 1.54) is 0 Å². The minimum absolute atomic E-state index is 0.534. The minimum atomic E-state index is 0.534. The third-order valence-corrected chi connectivity index (χ3v) is 3.19. The zero-order valence-electron chi connectivity index (χ0n) is 17.0. The SMILES string of the molecule is CC.CC.CC.Cc1cc(C)c2occc2c1OCc1ccncc1. The topological polar surface area (TPSA) is 35.3 Å². The summed E-state index contributed by atoms with van der Waals surface area (Å²) in [7, 11) is 0. The van der Waals surface area contributed by atoms with Gasteiger partial charge in [-0.15, -0.1) is 0 Å². The number of hydrogen-bond acceptors (Lipinski definition) is 3. The third-order valence-electron chi connectivity index (χ3n) is 3.19. The van der Waals surface area contributed by atoms with Crippen LogP contribution < -0.4 is 4.74 Å². The van der Waals surface area contributed by atoms with Gasteiger partial charge in [-0.3, -0.25) is 4.98 Å². The van der Waals surface area contributed by atoms with E-state index < -0.39 is 0 Å². The van der Waals surface area contributed by atoms with Crippen LogP contribution in [0.5, 0.6) is 5.75 Å². The molecule has 0 radical (unpaired) electrons. The molecule has 0 atom stereocenters. The second-order valence-electron chi connectivity index (χ2n) is 4.65. The lowest BCUT2D eigenvalue weighted by Gasteiger charge is -2.11. The van der Waals surface area contributed by atoms with Gasteiger partial charge in [-0.25, -0.2) is 0 Å². The molecule has 0 fully saturated rings. The van der Waals surface area contributed by atoms with Crippen LogP contribution in [0, 0.1) is 13.8 Å². The number of furan rings is 1. The van der Waals surface area contributed by atoms with Gasteiger partial charge in [0.05, 0.1) is 11.6 Å². The Morgan fingerprint density at radius 2 is 1.48 bits per heavy atom. The van der Waals surface area contributed by atoms with Gasteiger partial charge in [0.25, 0.3) is 0 Å². The van der Waals surface area contributed by atoms with E-state index in [0.717, 1.165) is 33.4 Å². The van der Waals surface area contributed by atoms with Crippen LogP contribution in [-0.4, -0.2) is 4.98 Å². The van der Waals surface area contributed by atoms with Gasteiger partial charge < -0.3 is 9.15 Å². The summed E-state index contributed by atoms with van der Waals surface area (Å²) >= 11 is 0. The highest BCUT2D eigenvalue weighted by molar-refractivity contribution is 5.88. The van der Waals surface area contributed by atoms with Crippen molar-refractivity contribution in [1.82, 2.24) is 4.98 Å². The van der Waals surface area contributed by atoms with E-state index in [2.05, 4.69) is 18.0 Å². The summed E-state index contributed by atoms with van der Waals surface area (Å²) in [4.78, 5) is 4.00. The Morgan fingerprint density at radius 1 is 0.880 bits per heavy atom. The van der Waals surface area contributed by atoms with E-state index in [4.69, 9.17) is 9.15 Å². The van der Waals surface area contributed by atoms with Crippen molar-refractivity contribution in [2.45, 2.75) is 62.0 Å². The fourth-order valence-corrected chi connectivity index (χ4v) is 2.29. The van der Waals surface area contributed by atoms with Crippen LogP contribution >= 0.6 is 0 Å². The quantitative estimate of drug-likeness (QED) is 0.508. The molecular weight excluding hydrogens is 310 g/mol. The summed E-state index contributed by atoms with van der Waals surface area (Å²) in [6.07, 6.45) is 5.25. The van der Waals surface area contributed by atoms with Gasteiger partial charge in [-0.05, 0) is 54.8 Å². The Hall–Kier alpha value is -2.29. The van der Waals surface area contributed by atoms with Crippen LogP contribution in [0.4, 0.5) is 0 Å². The molecule has 25 heavy (non-hydrogen) atoms. The molecule has 2 heterocycles. The van der Waals surface area contributed by atoms with Crippen LogP contribution in [0.15, 0.2) is 47.3 Å². The number of fused-ring (bicyclic) bond motifs is 1. The standard InChI is InChI=1S/C16H15NO2.3C2H6/c1-11-9-12(2)16(14-5-8-18-15(11)14)19-10-13-3-6-17-7-4-13;3*1-2/h3-9H,10H2,1-2H3;3*1-2H3. The number of pyridine rings is 1. The van der Waals surface area contributed by atoms with Crippen molar-refractivity contribution in [2.75, 3.05) is 0 Å². The number of hydrogen-bond donors (Lipinski definition) is 0. The summed E-state index contributed by atoms with van der Waals surface area (Å²) in [6, 6.07) is 7.96. The molecule has 138 valence electrons. The second kappa shape index (κ2) is 13.1. The van der Waals surface area contributed by atoms with Gasteiger partial charge in [0.2, 0.25) is 0 Å². The Kier molecular flexibility index (Phi) is 11.9. The molecule has 1 aromatic carbocycles. The molecule has 3 rings (SSSR count). The number of ether oxygens (including phenoxy) is 1. The van der Waals surface area contributed by atoms with E-state index in [-0.39, 0.29) is 0 Å². The Bertz CT molecular complexity index is 703. The number of nitrogens with zero attached hydrogens (tertiary/aromatic N) is 1. The van der Waals surface area contributed by atoms with Crippen molar-refractivity contribution < 1.29 is 9.15 Å².